The lowest BCUT2D eigenvalue weighted by Crippen LogP contribution is -2.45. The maximum atomic E-state index is 16.6. The van der Waals surface area contributed by atoms with E-state index in [1.54, 1.807) is 65.2 Å². The van der Waals surface area contributed by atoms with Gasteiger partial charge in [0.1, 0.15) is 11.5 Å². The standard InChI is InChI=1S/C46H46FN3O7Si/c1-30-43(58(3,4)47)41(27-42(52)48(24-25-51)28-31-12-6-5-7-13-31)57-46(30)36-26-34(55-2)22-23-37(36)49(45(46)54)29-32-18-20-33(21-19-32)50-38-15-9-11-17-40(38)56-39-16-10-8-14-35(39)44(50)53/h5-23,26,30,41,43,51H,24-25,27-29H2,1-4H3/t30-,41+,43-,46+/m0/s1. The zero-order chi connectivity index (χ0) is 40.8. The Kier molecular flexibility index (Phi) is 10.4. The van der Waals surface area contributed by atoms with E-state index in [1.165, 1.54) is 0 Å². The highest BCUT2D eigenvalue weighted by atomic mass is 28.4. The van der Waals surface area contributed by atoms with E-state index in [-0.39, 0.29) is 50.4 Å². The zero-order valence-electron chi connectivity index (χ0n) is 32.9. The second kappa shape index (κ2) is 15.5. The Bertz CT molecular complexity index is 2350. The molecule has 58 heavy (non-hydrogen) atoms. The first-order valence-corrected chi connectivity index (χ1v) is 22.5. The molecule has 0 bridgehead atoms. The number of amides is 3. The van der Waals surface area contributed by atoms with Gasteiger partial charge in [-0.2, -0.15) is 0 Å². The van der Waals surface area contributed by atoms with Crippen LogP contribution in [0, 0.1) is 5.92 Å². The summed E-state index contributed by atoms with van der Waals surface area (Å²) in [5, 5.41) is 9.88. The number of halogens is 1. The number of anilines is 3. The summed E-state index contributed by atoms with van der Waals surface area (Å²) in [6.07, 6.45) is -1.04. The van der Waals surface area contributed by atoms with Crippen LogP contribution in [0.2, 0.25) is 18.6 Å². The molecule has 3 heterocycles. The topological polar surface area (TPSA) is 109 Å². The molecule has 1 N–H and O–H groups in total. The quantitative estimate of drug-likeness (QED) is 0.105. The van der Waals surface area contributed by atoms with Gasteiger partial charge in [0.05, 0.1) is 49.7 Å². The van der Waals surface area contributed by atoms with Gasteiger partial charge in [-0.1, -0.05) is 73.7 Å². The van der Waals surface area contributed by atoms with E-state index in [0.29, 0.717) is 45.4 Å². The van der Waals surface area contributed by atoms with Crippen molar-refractivity contribution < 1.29 is 37.8 Å². The lowest BCUT2D eigenvalue weighted by Gasteiger charge is -2.31. The molecular weight excluding hydrogens is 754 g/mol. The number of para-hydroxylation sites is 3. The Balaban J connectivity index is 1.11. The fourth-order valence-electron chi connectivity index (χ4n) is 9.03. The molecular formula is C46H46FN3O7Si. The third-order valence-electron chi connectivity index (χ3n) is 11.7. The third-order valence-corrected chi connectivity index (χ3v) is 14.1. The van der Waals surface area contributed by atoms with Crippen molar-refractivity contribution in [2.24, 2.45) is 5.92 Å². The van der Waals surface area contributed by atoms with Crippen molar-refractivity contribution in [1.82, 2.24) is 4.90 Å². The van der Waals surface area contributed by atoms with Crippen molar-refractivity contribution in [3.8, 4) is 17.2 Å². The molecule has 8 rings (SSSR count). The van der Waals surface area contributed by atoms with Crippen LogP contribution in [0.3, 0.4) is 0 Å². The van der Waals surface area contributed by atoms with Crippen LogP contribution in [0.1, 0.15) is 40.4 Å². The average Bonchev–Trinajstić information content (AvgIpc) is 3.59. The second-order valence-electron chi connectivity index (χ2n) is 15.6. The molecule has 298 valence electrons. The van der Waals surface area contributed by atoms with Gasteiger partial charge in [-0.15, -0.1) is 0 Å². The van der Waals surface area contributed by atoms with Gasteiger partial charge >= 0.3 is 0 Å². The van der Waals surface area contributed by atoms with Gasteiger partial charge in [0, 0.05) is 35.8 Å². The number of rotatable bonds is 11. The maximum absolute atomic E-state index is 16.6. The van der Waals surface area contributed by atoms with Crippen LogP contribution in [-0.4, -0.2) is 62.5 Å². The van der Waals surface area contributed by atoms with Crippen LogP contribution in [0.25, 0.3) is 0 Å². The number of hydrogen-bond acceptors (Lipinski definition) is 7. The number of methoxy groups -OCH3 is 1. The molecule has 1 saturated heterocycles. The van der Waals surface area contributed by atoms with Crippen LogP contribution < -0.4 is 19.3 Å². The number of carbonyl (C=O) groups excluding carboxylic acids is 3. The van der Waals surface area contributed by atoms with E-state index < -0.39 is 31.6 Å². The van der Waals surface area contributed by atoms with Gasteiger partial charge in [0.25, 0.3) is 11.8 Å². The van der Waals surface area contributed by atoms with E-state index in [1.807, 2.05) is 97.9 Å². The molecule has 3 amide bonds. The first-order valence-electron chi connectivity index (χ1n) is 19.5. The van der Waals surface area contributed by atoms with E-state index in [9.17, 15) is 14.7 Å². The summed E-state index contributed by atoms with van der Waals surface area (Å²) < 4.78 is 35.3. The van der Waals surface area contributed by atoms with E-state index >= 15 is 8.90 Å². The SMILES string of the molecule is COc1ccc2c(c1)[C@@]1(O[C@H](CC(=O)N(CCO)Cc3ccccc3)[C@@H]([Si](C)(C)F)[C@@H]1C)C(=O)N2Cc1ccc(N2C(=O)c3ccccc3Oc3ccccc32)cc1. The van der Waals surface area contributed by atoms with Gasteiger partial charge in [-0.05, 0) is 78.8 Å². The highest BCUT2D eigenvalue weighted by molar-refractivity contribution is 6.72. The monoisotopic (exact) mass is 799 g/mol. The van der Waals surface area contributed by atoms with Crippen LogP contribution in [-0.2, 0) is 33.0 Å². The van der Waals surface area contributed by atoms with Crippen molar-refractivity contribution in [1.29, 1.82) is 0 Å². The van der Waals surface area contributed by atoms with E-state index in [0.717, 1.165) is 11.1 Å². The Morgan fingerprint density at radius 2 is 1.57 bits per heavy atom. The van der Waals surface area contributed by atoms with Crippen molar-refractivity contribution in [3.05, 3.63) is 144 Å². The Morgan fingerprint density at radius 3 is 2.28 bits per heavy atom. The Morgan fingerprint density at radius 1 is 0.879 bits per heavy atom. The molecule has 1 spiro atoms. The summed E-state index contributed by atoms with van der Waals surface area (Å²) in [4.78, 5) is 48.0. The normalized spacial score (nSPS) is 21.0. The number of aliphatic hydroxyl groups is 1. The molecule has 0 radical (unpaired) electrons. The summed E-state index contributed by atoms with van der Waals surface area (Å²) in [5.74, 6) is 0.0542. The highest BCUT2D eigenvalue weighted by Gasteiger charge is 2.67. The number of carbonyl (C=O) groups is 3. The summed E-state index contributed by atoms with van der Waals surface area (Å²) in [7, 11) is -2.03. The predicted molar refractivity (Wildman–Crippen MR) is 222 cm³/mol. The molecule has 12 heteroatoms. The molecule has 1 fully saturated rings. The summed E-state index contributed by atoms with van der Waals surface area (Å²) in [6, 6.07) is 36.9. The predicted octanol–water partition coefficient (Wildman–Crippen LogP) is 8.51. The third kappa shape index (κ3) is 6.84. The molecule has 0 aromatic heterocycles. The van der Waals surface area contributed by atoms with E-state index in [4.69, 9.17) is 14.2 Å². The minimum absolute atomic E-state index is 0.104. The summed E-state index contributed by atoms with van der Waals surface area (Å²) in [6.45, 7) is 5.38. The summed E-state index contributed by atoms with van der Waals surface area (Å²) >= 11 is 0. The fraction of sp³-hybridized carbons (Fsp3) is 0.283. The molecule has 3 aliphatic heterocycles. The van der Waals surface area contributed by atoms with Gasteiger partial charge in [-0.3, -0.25) is 19.3 Å². The first-order chi connectivity index (χ1) is 27.9. The molecule has 4 atom stereocenters. The molecule has 5 aromatic rings. The lowest BCUT2D eigenvalue weighted by atomic mass is 9.82. The molecule has 5 aromatic carbocycles. The molecule has 0 unspecified atom stereocenters. The maximum Gasteiger partial charge on any atom is 0.266 e. The van der Waals surface area contributed by atoms with Crippen LogP contribution in [0.5, 0.6) is 17.2 Å². The molecule has 10 nitrogen and oxygen atoms in total. The minimum atomic E-state index is -3.57. The van der Waals surface area contributed by atoms with Crippen molar-refractivity contribution in [2.45, 2.75) is 56.8 Å². The minimum Gasteiger partial charge on any atom is -0.497 e. The second-order valence-corrected chi connectivity index (χ2v) is 19.4. The Hall–Kier alpha value is -5.82. The average molecular weight is 800 g/mol. The van der Waals surface area contributed by atoms with Crippen molar-refractivity contribution >= 4 is 43.2 Å². The van der Waals surface area contributed by atoms with Crippen molar-refractivity contribution in [3.63, 3.8) is 0 Å². The number of benzene rings is 5. The number of aliphatic hydroxyl groups excluding tert-OH is 1. The highest BCUT2D eigenvalue weighted by Crippen LogP contribution is 2.61. The number of ether oxygens (including phenoxy) is 3. The van der Waals surface area contributed by atoms with Crippen molar-refractivity contribution in [2.75, 3.05) is 30.1 Å². The molecule has 0 aliphatic carbocycles. The number of hydrogen-bond donors (Lipinski definition) is 1. The van der Waals surface area contributed by atoms with Crippen LogP contribution in [0.4, 0.5) is 21.2 Å². The van der Waals surface area contributed by atoms with Gasteiger partial charge in [0.15, 0.2) is 11.4 Å². The van der Waals surface area contributed by atoms with Gasteiger partial charge in [-0.25, -0.2) is 0 Å². The number of nitrogens with zero attached hydrogens (tertiary/aromatic N) is 3. The number of fused-ring (bicyclic) bond motifs is 4. The van der Waals surface area contributed by atoms with Crippen LogP contribution >= 0.6 is 0 Å². The van der Waals surface area contributed by atoms with E-state index in [2.05, 4.69) is 0 Å². The fourth-order valence-corrected chi connectivity index (χ4v) is 11.5. The van der Waals surface area contributed by atoms with Gasteiger partial charge in [0.2, 0.25) is 14.3 Å². The summed E-state index contributed by atoms with van der Waals surface area (Å²) in [5.41, 5.74) is 2.25. The molecule has 3 aliphatic rings. The smallest absolute Gasteiger partial charge is 0.266 e. The Labute approximate surface area is 338 Å². The first kappa shape index (κ1) is 39.0. The van der Waals surface area contributed by atoms with Gasteiger partial charge < -0.3 is 33.2 Å². The zero-order valence-corrected chi connectivity index (χ0v) is 33.9. The molecule has 0 saturated carbocycles. The largest absolute Gasteiger partial charge is 0.497 e. The lowest BCUT2D eigenvalue weighted by molar-refractivity contribution is -0.150. The van der Waals surface area contributed by atoms with Crippen LogP contribution in [0.15, 0.2) is 121 Å².